The van der Waals surface area contributed by atoms with Crippen molar-refractivity contribution in [2.45, 2.75) is 213 Å². The first-order valence-corrected chi connectivity index (χ1v) is 20.9. The van der Waals surface area contributed by atoms with Gasteiger partial charge in [0.15, 0.2) is 11.5 Å². The van der Waals surface area contributed by atoms with E-state index in [1.807, 2.05) is 0 Å². The standard InChI is InChI=1S/C43H78O5.Na/c1-4-7-10-13-16-19-22-25-28-31-34-46-40-37-39(43(44)45)38-41(47-35-32-29-26-23-20-17-14-11-8-5-2)42(40)48-36-33-30-27-24-21-18-15-12-9-6-3;/h37-38H,4-36H2,1-3H3,(H,44,45);/q;+1/p-1. The number of carbonyl (C=O) groups excluding carboxylic acids is 1. The molecule has 1 aromatic rings. The topological polar surface area (TPSA) is 67.8 Å². The summed E-state index contributed by atoms with van der Waals surface area (Å²) < 4.78 is 18.7. The number of hydrogen-bond acceptors (Lipinski definition) is 5. The molecule has 0 atom stereocenters. The summed E-state index contributed by atoms with van der Waals surface area (Å²) in [6.45, 7) is 8.44. The smallest absolute Gasteiger partial charge is 0.545 e. The second kappa shape index (κ2) is 36.9. The molecule has 0 amide bonds. The summed E-state index contributed by atoms with van der Waals surface area (Å²) in [5.41, 5.74) is 0.0810. The molecule has 0 saturated heterocycles. The van der Waals surface area contributed by atoms with Crippen molar-refractivity contribution >= 4 is 5.97 Å². The van der Waals surface area contributed by atoms with E-state index < -0.39 is 5.97 Å². The Morgan fingerprint density at radius 2 is 0.673 bits per heavy atom. The van der Waals surface area contributed by atoms with Gasteiger partial charge in [0, 0.05) is 5.56 Å². The summed E-state index contributed by atoms with van der Waals surface area (Å²) in [5, 5.41) is 11.9. The Kier molecular flexibility index (Phi) is 36.2. The molecule has 1 rings (SSSR count). The molecule has 0 saturated carbocycles. The summed E-state index contributed by atoms with van der Waals surface area (Å²) in [4.78, 5) is 11.9. The van der Waals surface area contributed by atoms with E-state index in [0.717, 1.165) is 38.5 Å². The Morgan fingerprint density at radius 1 is 0.429 bits per heavy atom. The van der Waals surface area contributed by atoms with Crippen molar-refractivity contribution in [2.75, 3.05) is 19.8 Å². The van der Waals surface area contributed by atoms with Crippen LogP contribution in [0.3, 0.4) is 0 Å². The molecule has 0 aliphatic rings. The normalized spacial score (nSPS) is 11.0. The summed E-state index contributed by atoms with van der Waals surface area (Å²) in [6, 6.07) is 3.12. The Labute approximate surface area is 326 Å². The summed E-state index contributed by atoms with van der Waals surface area (Å²) >= 11 is 0. The van der Waals surface area contributed by atoms with Crippen LogP contribution in [-0.2, 0) is 0 Å². The molecule has 0 spiro atoms. The number of carbonyl (C=O) groups is 1. The average molecular weight is 697 g/mol. The Bertz CT molecular complexity index is 814. The fourth-order valence-electron chi connectivity index (χ4n) is 6.36. The maximum Gasteiger partial charge on any atom is 1.00 e. The molecule has 0 aliphatic heterocycles. The van der Waals surface area contributed by atoms with Gasteiger partial charge in [-0.3, -0.25) is 0 Å². The minimum absolute atomic E-state index is 0. The zero-order chi connectivity index (χ0) is 34.8. The fourth-order valence-corrected chi connectivity index (χ4v) is 6.36. The van der Waals surface area contributed by atoms with Gasteiger partial charge in [0.05, 0.1) is 25.8 Å². The van der Waals surface area contributed by atoms with Gasteiger partial charge < -0.3 is 24.1 Å². The number of ether oxygens (including phenoxy) is 3. The van der Waals surface area contributed by atoms with E-state index >= 15 is 0 Å². The predicted molar refractivity (Wildman–Crippen MR) is 203 cm³/mol. The maximum absolute atomic E-state index is 11.9. The van der Waals surface area contributed by atoms with Gasteiger partial charge in [-0.25, -0.2) is 0 Å². The number of aromatic carboxylic acids is 1. The third-order valence-electron chi connectivity index (χ3n) is 9.51. The minimum Gasteiger partial charge on any atom is -0.545 e. The van der Waals surface area contributed by atoms with Gasteiger partial charge in [0.25, 0.3) is 0 Å². The summed E-state index contributed by atoms with van der Waals surface area (Å²) in [7, 11) is 0. The SMILES string of the molecule is CCCCCCCCCCCCOc1cc(C(=O)[O-])cc(OCCCCCCCCCCCC)c1OCCCCCCCCCCCC.[Na+]. The van der Waals surface area contributed by atoms with Gasteiger partial charge in [-0.2, -0.15) is 0 Å². The van der Waals surface area contributed by atoms with E-state index in [0.29, 0.717) is 37.1 Å². The van der Waals surface area contributed by atoms with Crippen LogP contribution in [0.1, 0.15) is 224 Å². The van der Waals surface area contributed by atoms with Gasteiger partial charge >= 0.3 is 29.6 Å². The first-order valence-electron chi connectivity index (χ1n) is 20.9. The van der Waals surface area contributed by atoms with Crippen LogP contribution in [0.2, 0.25) is 0 Å². The molecule has 0 heterocycles. The van der Waals surface area contributed by atoms with Crippen LogP contribution in [0, 0.1) is 0 Å². The van der Waals surface area contributed by atoms with Crippen LogP contribution in [0.4, 0.5) is 0 Å². The quantitative estimate of drug-likeness (QED) is 0.0512. The molecule has 280 valence electrons. The molecule has 49 heavy (non-hydrogen) atoms. The summed E-state index contributed by atoms with van der Waals surface area (Å²) in [5.74, 6) is 0.273. The monoisotopic (exact) mass is 697 g/mol. The Balaban J connectivity index is 0.0000230. The van der Waals surface area contributed by atoms with Crippen molar-refractivity contribution in [3.8, 4) is 17.2 Å². The number of carboxylic acids is 1. The van der Waals surface area contributed by atoms with Crippen molar-refractivity contribution < 1.29 is 53.7 Å². The molecular weight excluding hydrogens is 619 g/mol. The number of carboxylic acid groups (broad SMARTS) is 1. The van der Waals surface area contributed by atoms with E-state index in [9.17, 15) is 9.90 Å². The van der Waals surface area contributed by atoms with Crippen molar-refractivity contribution in [3.63, 3.8) is 0 Å². The number of benzene rings is 1. The van der Waals surface area contributed by atoms with Crippen LogP contribution in [0.15, 0.2) is 12.1 Å². The molecular formula is C43H77NaO5. The fraction of sp³-hybridized carbons (Fsp3) is 0.837. The van der Waals surface area contributed by atoms with Crippen LogP contribution in [0.25, 0.3) is 0 Å². The number of unbranched alkanes of at least 4 members (excludes halogenated alkanes) is 27. The van der Waals surface area contributed by atoms with Crippen molar-refractivity contribution in [3.05, 3.63) is 17.7 Å². The first-order chi connectivity index (χ1) is 23.6. The molecule has 0 aliphatic carbocycles. The molecule has 1 aromatic carbocycles. The molecule has 0 N–H and O–H groups in total. The first kappa shape index (κ1) is 48.1. The summed E-state index contributed by atoms with van der Waals surface area (Å²) in [6.07, 6.45) is 37.8. The zero-order valence-corrected chi connectivity index (χ0v) is 35.0. The van der Waals surface area contributed by atoms with Crippen molar-refractivity contribution in [1.29, 1.82) is 0 Å². The Hall–Kier alpha value is -0.910. The van der Waals surface area contributed by atoms with Gasteiger partial charge in [0.1, 0.15) is 0 Å². The maximum atomic E-state index is 11.9. The van der Waals surface area contributed by atoms with E-state index in [2.05, 4.69) is 20.8 Å². The van der Waals surface area contributed by atoms with E-state index in [1.54, 1.807) is 12.1 Å². The zero-order valence-electron chi connectivity index (χ0n) is 33.0. The average Bonchev–Trinajstić information content (AvgIpc) is 3.08. The molecule has 0 aromatic heterocycles. The largest absolute Gasteiger partial charge is 1.00 e. The second-order valence-corrected chi connectivity index (χ2v) is 14.2. The third kappa shape index (κ3) is 28.4. The van der Waals surface area contributed by atoms with Crippen molar-refractivity contribution in [2.24, 2.45) is 0 Å². The third-order valence-corrected chi connectivity index (χ3v) is 9.51. The second-order valence-electron chi connectivity index (χ2n) is 14.2. The molecule has 0 fully saturated rings. The molecule has 0 unspecified atom stereocenters. The van der Waals surface area contributed by atoms with Crippen LogP contribution in [-0.4, -0.2) is 25.8 Å². The molecule has 5 nitrogen and oxygen atoms in total. The van der Waals surface area contributed by atoms with Gasteiger partial charge in [-0.1, -0.05) is 194 Å². The molecule has 6 heteroatoms. The minimum atomic E-state index is -1.22. The van der Waals surface area contributed by atoms with Crippen molar-refractivity contribution in [1.82, 2.24) is 0 Å². The molecule has 0 radical (unpaired) electrons. The van der Waals surface area contributed by atoms with Crippen LogP contribution in [0.5, 0.6) is 17.2 Å². The van der Waals surface area contributed by atoms with E-state index in [4.69, 9.17) is 14.2 Å². The molecule has 0 bridgehead atoms. The van der Waals surface area contributed by atoms with Gasteiger partial charge in [0.2, 0.25) is 5.75 Å². The predicted octanol–water partition coefficient (Wildman–Crippen LogP) is 9.95. The number of hydrogen-bond donors (Lipinski definition) is 0. The van der Waals surface area contributed by atoms with Gasteiger partial charge in [-0.15, -0.1) is 0 Å². The Morgan fingerprint density at radius 3 is 0.939 bits per heavy atom. The van der Waals surface area contributed by atoms with E-state index in [1.165, 1.54) is 154 Å². The van der Waals surface area contributed by atoms with E-state index in [-0.39, 0.29) is 35.1 Å². The van der Waals surface area contributed by atoms with Gasteiger partial charge in [-0.05, 0) is 31.4 Å². The number of rotatable bonds is 37. The van der Waals surface area contributed by atoms with Crippen LogP contribution < -0.4 is 48.9 Å². The van der Waals surface area contributed by atoms with Crippen LogP contribution >= 0.6 is 0 Å².